The van der Waals surface area contributed by atoms with Gasteiger partial charge in [-0.05, 0) is 55.3 Å². The van der Waals surface area contributed by atoms with Crippen LogP contribution in [0.15, 0.2) is 77.4 Å². The van der Waals surface area contributed by atoms with Crippen LogP contribution in [0.2, 0.25) is 0 Å². The summed E-state index contributed by atoms with van der Waals surface area (Å²) in [5.41, 5.74) is 4.80. The molecule has 0 atom stereocenters. The van der Waals surface area contributed by atoms with Gasteiger partial charge in [0.2, 0.25) is 5.91 Å². The Kier molecular flexibility index (Phi) is 6.87. The summed E-state index contributed by atoms with van der Waals surface area (Å²) in [6.45, 7) is 4.30. The predicted octanol–water partition coefficient (Wildman–Crippen LogP) is 6.56. The molecule has 34 heavy (non-hydrogen) atoms. The first-order valence-corrected chi connectivity index (χ1v) is 11.0. The fourth-order valence-electron chi connectivity index (χ4n) is 3.84. The lowest BCUT2D eigenvalue weighted by molar-refractivity contribution is -0.111. The first-order valence-electron chi connectivity index (χ1n) is 11.0. The summed E-state index contributed by atoms with van der Waals surface area (Å²) in [4.78, 5) is 12.8. The highest BCUT2D eigenvalue weighted by atomic mass is 16.5. The average Bonchev–Trinajstić information content (AvgIpc) is 3.27. The van der Waals surface area contributed by atoms with Gasteiger partial charge in [-0.25, -0.2) is 0 Å². The van der Waals surface area contributed by atoms with E-state index >= 15 is 0 Å². The first-order chi connectivity index (χ1) is 16.5. The van der Waals surface area contributed by atoms with E-state index in [-0.39, 0.29) is 5.91 Å². The number of carbonyl (C=O) groups excluding carboxylic acids is 1. The maximum atomic E-state index is 12.8. The number of nitrogens with one attached hydrogen (secondary N) is 1. The molecule has 0 saturated heterocycles. The minimum absolute atomic E-state index is 0.259. The number of para-hydroxylation sites is 2. The van der Waals surface area contributed by atoms with E-state index in [0.29, 0.717) is 29.4 Å². The molecule has 1 N–H and O–H groups in total. The van der Waals surface area contributed by atoms with Crippen molar-refractivity contribution in [3.8, 4) is 28.4 Å². The SMILES string of the molecule is CCOc1cc2occ(-c3cccc(OC)c3)c2cc1/C(C)=C/C(=O)Nc1ccccc1OC. The Hall–Kier alpha value is -4.19. The number of methoxy groups -OCH3 is 2. The zero-order valence-corrected chi connectivity index (χ0v) is 19.7. The van der Waals surface area contributed by atoms with E-state index in [2.05, 4.69) is 5.32 Å². The molecule has 0 aliphatic carbocycles. The maximum Gasteiger partial charge on any atom is 0.248 e. The topological polar surface area (TPSA) is 69.9 Å². The first kappa shape index (κ1) is 23.0. The molecular formula is C28H27NO5. The standard InChI is InChI=1S/C28H27NO5/c1-5-33-26-16-27-22(23(17-34-27)19-9-8-10-20(14-19)31-3)15-21(26)18(2)13-28(30)29-24-11-6-7-12-25(24)32-4/h6-17H,5H2,1-4H3,(H,29,30)/b18-13+. The zero-order valence-electron chi connectivity index (χ0n) is 19.7. The summed E-state index contributed by atoms with van der Waals surface area (Å²) in [7, 11) is 3.21. The number of allylic oxidation sites excluding steroid dienone is 1. The van der Waals surface area contributed by atoms with Gasteiger partial charge in [0.15, 0.2) is 0 Å². The molecule has 1 amide bonds. The number of hydrogen-bond acceptors (Lipinski definition) is 5. The maximum absolute atomic E-state index is 12.8. The number of anilines is 1. The van der Waals surface area contributed by atoms with Gasteiger partial charge in [0.1, 0.15) is 22.8 Å². The van der Waals surface area contributed by atoms with Gasteiger partial charge in [-0.1, -0.05) is 24.3 Å². The molecule has 4 aromatic rings. The normalized spacial score (nSPS) is 11.4. The summed E-state index contributed by atoms with van der Waals surface area (Å²) in [5, 5.41) is 3.80. The summed E-state index contributed by atoms with van der Waals surface area (Å²) < 4.78 is 22.4. The lowest BCUT2D eigenvalue weighted by Gasteiger charge is -2.12. The second-order valence-corrected chi connectivity index (χ2v) is 7.68. The number of ether oxygens (including phenoxy) is 3. The van der Waals surface area contributed by atoms with Crippen LogP contribution in [0.4, 0.5) is 5.69 Å². The minimum atomic E-state index is -0.259. The van der Waals surface area contributed by atoms with Gasteiger partial charge < -0.3 is 23.9 Å². The molecule has 0 unspecified atom stereocenters. The van der Waals surface area contributed by atoms with Crippen molar-refractivity contribution < 1.29 is 23.4 Å². The summed E-state index contributed by atoms with van der Waals surface area (Å²) >= 11 is 0. The number of rotatable bonds is 8. The molecule has 0 radical (unpaired) electrons. The molecule has 174 valence electrons. The van der Waals surface area contributed by atoms with E-state index in [0.717, 1.165) is 33.4 Å². The fourth-order valence-corrected chi connectivity index (χ4v) is 3.84. The number of benzene rings is 3. The van der Waals surface area contributed by atoms with Crippen molar-refractivity contribution >= 4 is 28.1 Å². The van der Waals surface area contributed by atoms with Crippen LogP contribution in [0.5, 0.6) is 17.2 Å². The molecule has 4 rings (SSSR count). The summed E-state index contributed by atoms with van der Waals surface area (Å²) in [6.07, 6.45) is 3.29. The number of fused-ring (bicyclic) bond motifs is 1. The van der Waals surface area contributed by atoms with Gasteiger partial charge in [0, 0.05) is 28.7 Å². The van der Waals surface area contributed by atoms with Crippen LogP contribution in [-0.4, -0.2) is 26.7 Å². The Morgan fingerprint density at radius 2 is 1.82 bits per heavy atom. The van der Waals surface area contributed by atoms with Crippen LogP contribution in [0.1, 0.15) is 19.4 Å². The van der Waals surface area contributed by atoms with Crippen molar-refractivity contribution in [1.82, 2.24) is 0 Å². The predicted molar refractivity (Wildman–Crippen MR) is 135 cm³/mol. The third-order valence-corrected chi connectivity index (χ3v) is 5.49. The van der Waals surface area contributed by atoms with Gasteiger partial charge in [-0.2, -0.15) is 0 Å². The number of hydrogen-bond donors (Lipinski definition) is 1. The Labute approximate surface area is 198 Å². The van der Waals surface area contributed by atoms with Gasteiger partial charge >= 0.3 is 0 Å². The van der Waals surface area contributed by atoms with Crippen molar-refractivity contribution in [2.45, 2.75) is 13.8 Å². The van der Waals surface area contributed by atoms with Crippen LogP contribution >= 0.6 is 0 Å². The highest BCUT2D eigenvalue weighted by molar-refractivity contribution is 6.06. The molecule has 6 nitrogen and oxygen atoms in total. The van der Waals surface area contributed by atoms with E-state index in [1.807, 2.05) is 62.4 Å². The molecular weight excluding hydrogens is 430 g/mol. The van der Waals surface area contributed by atoms with Crippen molar-refractivity contribution in [2.75, 3.05) is 26.1 Å². The number of carbonyl (C=O) groups is 1. The number of furan rings is 1. The Morgan fingerprint density at radius 3 is 2.59 bits per heavy atom. The van der Waals surface area contributed by atoms with E-state index in [9.17, 15) is 4.79 Å². The lowest BCUT2D eigenvalue weighted by Crippen LogP contribution is -2.09. The van der Waals surface area contributed by atoms with Gasteiger partial charge in [-0.3, -0.25) is 4.79 Å². The van der Waals surface area contributed by atoms with Crippen molar-refractivity contribution in [3.05, 3.63) is 78.6 Å². The molecule has 0 spiro atoms. The van der Waals surface area contributed by atoms with Crippen molar-refractivity contribution in [2.24, 2.45) is 0 Å². The molecule has 1 heterocycles. The quantitative estimate of drug-likeness (QED) is 0.304. The van der Waals surface area contributed by atoms with Gasteiger partial charge in [-0.15, -0.1) is 0 Å². The third kappa shape index (κ3) is 4.76. The zero-order chi connectivity index (χ0) is 24.1. The van der Waals surface area contributed by atoms with Crippen LogP contribution in [0.3, 0.4) is 0 Å². The van der Waals surface area contributed by atoms with Crippen LogP contribution in [0, 0.1) is 0 Å². The molecule has 0 aliphatic rings. The van der Waals surface area contributed by atoms with E-state index in [4.69, 9.17) is 18.6 Å². The Morgan fingerprint density at radius 1 is 1.00 bits per heavy atom. The average molecular weight is 458 g/mol. The van der Waals surface area contributed by atoms with Gasteiger partial charge in [0.05, 0.1) is 32.8 Å². The molecule has 1 aromatic heterocycles. The molecule has 0 fully saturated rings. The van der Waals surface area contributed by atoms with Crippen molar-refractivity contribution in [3.63, 3.8) is 0 Å². The Bertz CT molecular complexity index is 1350. The Balaban J connectivity index is 1.73. The highest BCUT2D eigenvalue weighted by Crippen LogP contribution is 2.38. The van der Waals surface area contributed by atoms with E-state index < -0.39 is 0 Å². The third-order valence-electron chi connectivity index (χ3n) is 5.49. The van der Waals surface area contributed by atoms with E-state index in [1.54, 1.807) is 38.7 Å². The largest absolute Gasteiger partial charge is 0.497 e. The van der Waals surface area contributed by atoms with Crippen LogP contribution < -0.4 is 19.5 Å². The van der Waals surface area contributed by atoms with Crippen molar-refractivity contribution in [1.29, 1.82) is 0 Å². The van der Waals surface area contributed by atoms with Crippen LogP contribution in [-0.2, 0) is 4.79 Å². The smallest absolute Gasteiger partial charge is 0.248 e. The summed E-state index contributed by atoms with van der Waals surface area (Å²) in [5.74, 6) is 1.76. The molecule has 0 bridgehead atoms. The van der Waals surface area contributed by atoms with Crippen LogP contribution in [0.25, 0.3) is 27.7 Å². The molecule has 6 heteroatoms. The fraction of sp³-hybridized carbons (Fsp3) is 0.179. The summed E-state index contributed by atoms with van der Waals surface area (Å²) in [6, 6.07) is 19.0. The second kappa shape index (κ2) is 10.2. The highest BCUT2D eigenvalue weighted by Gasteiger charge is 2.16. The second-order valence-electron chi connectivity index (χ2n) is 7.68. The van der Waals surface area contributed by atoms with E-state index in [1.165, 1.54) is 0 Å². The molecule has 3 aromatic carbocycles. The lowest BCUT2D eigenvalue weighted by atomic mass is 9.99. The molecule has 0 saturated carbocycles. The van der Waals surface area contributed by atoms with Gasteiger partial charge in [0.25, 0.3) is 0 Å². The number of amides is 1. The minimum Gasteiger partial charge on any atom is -0.497 e. The monoisotopic (exact) mass is 457 g/mol. The molecule has 0 aliphatic heterocycles.